The molecule has 0 atom stereocenters. The molecule has 1 aromatic carbocycles. The van der Waals surface area contributed by atoms with Gasteiger partial charge in [0.2, 0.25) is 10.0 Å². The van der Waals surface area contributed by atoms with E-state index in [0.717, 1.165) is 5.56 Å². The van der Waals surface area contributed by atoms with Gasteiger partial charge in [-0.25, -0.2) is 8.42 Å². The maximum Gasteiger partial charge on any atom is 0.232 e. The molecule has 1 rings (SSSR count). The largest absolute Gasteiger partial charge is 0.384 e. The first-order chi connectivity index (χ1) is 7.96. The molecule has 5 heteroatoms. The van der Waals surface area contributed by atoms with Crippen LogP contribution in [0.2, 0.25) is 0 Å². The minimum absolute atomic E-state index is 0.0264. The van der Waals surface area contributed by atoms with Gasteiger partial charge in [-0.05, 0) is 37.6 Å². The molecule has 0 aliphatic carbocycles. The number of sulfonamides is 1. The highest BCUT2D eigenvalue weighted by molar-refractivity contribution is 7.92. The van der Waals surface area contributed by atoms with Crippen LogP contribution in [-0.2, 0) is 10.0 Å². The van der Waals surface area contributed by atoms with Gasteiger partial charge in [0.05, 0.1) is 5.75 Å². The molecule has 0 saturated carbocycles. The van der Waals surface area contributed by atoms with E-state index in [0.29, 0.717) is 11.3 Å². The van der Waals surface area contributed by atoms with E-state index in [1.807, 2.05) is 13.0 Å². The summed E-state index contributed by atoms with van der Waals surface area (Å²) in [4.78, 5) is 0. The molecule has 0 heterocycles. The van der Waals surface area contributed by atoms with Gasteiger partial charge in [-0.3, -0.25) is 4.72 Å². The van der Waals surface area contributed by atoms with E-state index in [1.165, 1.54) is 0 Å². The van der Waals surface area contributed by atoms with E-state index in [2.05, 4.69) is 16.6 Å². The van der Waals surface area contributed by atoms with Crippen LogP contribution in [0.1, 0.15) is 18.1 Å². The molecule has 0 unspecified atom stereocenters. The van der Waals surface area contributed by atoms with Gasteiger partial charge in [-0.15, -0.1) is 0 Å². The monoisotopic (exact) mass is 253 g/mol. The minimum atomic E-state index is -3.27. The highest BCUT2D eigenvalue weighted by Gasteiger charge is 2.07. The molecule has 0 aromatic heterocycles. The standard InChI is InChI=1S/C12H15NO3S/c1-3-17(15,16)13-12-8-10(2)7-11(9-12)5-4-6-14/h7-9,13-14H,3,6H2,1-2H3. The zero-order chi connectivity index (χ0) is 12.9. The number of aliphatic hydroxyl groups is 1. The smallest absolute Gasteiger partial charge is 0.232 e. The van der Waals surface area contributed by atoms with Crippen molar-refractivity contribution in [3.63, 3.8) is 0 Å². The Hall–Kier alpha value is -1.51. The Morgan fingerprint density at radius 3 is 2.65 bits per heavy atom. The molecule has 17 heavy (non-hydrogen) atoms. The number of hydrogen-bond donors (Lipinski definition) is 2. The molecule has 0 bridgehead atoms. The Morgan fingerprint density at radius 2 is 2.06 bits per heavy atom. The van der Waals surface area contributed by atoms with Crippen molar-refractivity contribution in [2.45, 2.75) is 13.8 Å². The van der Waals surface area contributed by atoms with Gasteiger partial charge < -0.3 is 5.11 Å². The van der Waals surface area contributed by atoms with Crippen molar-refractivity contribution in [2.24, 2.45) is 0 Å². The lowest BCUT2D eigenvalue weighted by atomic mass is 10.1. The second-order valence-corrected chi connectivity index (χ2v) is 5.56. The fourth-order valence-corrected chi connectivity index (χ4v) is 1.93. The molecule has 92 valence electrons. The zero-order valence-electron chi connectivity index (χ0n) is 9.82. The molecule has 0 aliphatic heterocycles. The summed E-state index contributed by atoms with van der Waals surface area (Å²) in [5, 5.41) is 8.61. The highest BCUT2D eigenvalue weighted by Crippen LogP contribution is 2.15. The second kappa shape index (κ2) is 5.71. The summed E-state index contributed by atoms with van der Waals surface area (Å²) in [7, 11) is -3.27. The third kappa shape index (κ3) is 4.47. The van der Waals surface area contributed by atoms with Gasteiger partial charge in [0, 0.05) is 11.3 Å². The van der Waals surface area contributed by atoms with Crippen molar-refractivity contribution in [2.75, 3.05) is 17.1 Å². The van der Waals surface area contributed by atoms with Crippen LogP contribution in [0.3, 0.4) is 0 Å². The van der Waals surface area contributed by atoms with Crippen LogP contribution in [0, 0.1) is 18.8 Å². The van der Waals surface area contributed by atoms with Crippen molar-refractivity contribution >= 4 is 15.7 Å². The van der Waals surface area contributed by atoms with Crippen LogP contribution in [0.4, 0.5) is 5.69 Å². The van der Waals surface area contributed by atoms with E-state index in [4.69, 9.17) is 5.11 Å². The third-order valence-electron chi connectivity index (χ3n) is 2.04. The highest BCUT2D eigenvalue weighted by atomic mass is 32.2. The lowest BCUT2D eigenvalue weighted by Gasteiger charge is -2.07. The summed E-state index contributed by atoms with van der Waals surface area (Å²) in [6, 6.07) is 5.20. The SMILES string of the molecule is CCS(=O)(=O)Nc1cc(C)cc(C#CCO)c1. The van der Waals surface area contributed by atoms with E-state index in [9.17, 15) is 8.42 Å². The van der Waals surface area contributed by atoms with Crippen LogP contribution in [0.5, 0.6) is 0 Å². The molecule has 2 N–H and O–H groups in total. The Kier molecular flexibility index (Phi) is 4.55. The normalized spacial score (nSPS) is 10.5. The predicted octanol–water partition coefficient (Wildman–Crippen LogP) is 1.10. The number of aryl methyl sites for hydroxylation is 1. The van der Waals surface area contributed by atoms with Gasteiger partial charge in [0.1, 0.15) is 6.61 Å². The number of nitrogens with one attached hydrogen (secondary N) is 1. The first-order valence-electron chi connectivity index (χ1n) is 5.19. The fourth-order valence-electron chi connectivity index (χ4n) is 1.31. The molecule has 0 radical (unpaired) electrons. The molecular formula is C12H15NO3S. The Balaban J connectivity index is 3.06. The van der Waals surface area contributed by atoms with Crippen LogP contribution < -0.4 is 4.72 Å². The van der Waals surface area contributed by atoms with Crippen molar-refractivity contribution in [3.8, 4) is 11.8 Å². The van der Waals surface area contributed by atoms with Crippen LogP contribution in [-0.4, -0.2) is 25.9 Å². The van der Waals surface area contributed by atoms with Gasteiger partial charge in [0.25, 0.3) is 0 Å². The molecule has 0 saturated heterocycles. The van der Waals surface area contributed by atoms with Crippen LogP contribution in [0.15, 0.2) is 18.2 Å². The van der Waals surface area contributed by atoms with Gasteiger partial charge in [-0.1, -0.05) is 11.8 Å². The van der Waals surface area contributed by atoms with Crippen molar-refractivity contribution < 1.29 is 13.5 Å². The quantitative estimate of drug-likeness (QED) is 0.793. The molecule has 0 spiro atoms. The summed E-state index contributed by atoms with van der Waals surface area (Å²) < 4.78 is 25.3. The third-order valence-corrected chi connectivity index (χ3v) is 3.35. The van der Waals surface area contributed by atoms with E-state index >= 15 is 0 Å². The molecule has 4 nitrogen and oxygen atoms in total. The van der Waals surface area contributed by atoms with E-state index in [1.54, 1.807) is 19.1 Å². The summed E-state index contributed by atoms with van der Waals surface area (Å²) >= 11 is 0. The van der Waals surface area contributed by atoms with Crippen molar-refractivity contribution in [1.29, 1.82) is 0 Å². The average molecular weight is 253 g/mol. The van der Waals surface area contributed by atoms with E-state index in [-0.39, 0.29) is 12.4 Å². The minimum Gasteiger partial charge on any atom is -0.384 e. The van der Waals surface area contributed by atoms with Gasteiger partial charge >= 0.3 is 0 Å². The predicted molar refractivity (Wildman–Crippen MR) is 68.2 cm³/mol. The number of anilines is 1. The van der Waals surface area contributed by atoms with E-state index < -0.39 is 10.0 Å². The summed E-state index contributed by atoms with van der Waals surface area (Å²) in [6.45, 7) is 3.21. The fraction of sp³-hybridized carbons (Fsp3) is 0.333. The summed E-state index contributed by atoms with van der Waals surface area (Å²) in [6.07, 6.45) is 0. The lowest BCUT2D eigenvalue weighted by molar-refractivity contribution is 0.350. The molecule has 1 aromatic rings. The number of hydrogen-bond acceptors (Lipinski definition) is 3. The molecule has 0 fully saturated rings. The maximum absolute atomic E-state index is 11.4. The van der Waals surface area contributed by atoms with Gasteiger partial charge in [-0.2, -0.15) is 0 Å². The molecule has 0 amide bonds. The Bertz CT molecular complexity index is 553. The zero-order valence-corrected chi connectivity index (χ0v) is 10.6. The Morgan fingerprint density at radius 1 is 1.35 bits per heavy atom. The maximum atomic E-state index is 11.4. The number of benzene rings is 1. The van der Waals surface area contributed by atoms with Crippen molar-refractivity contribution in [3.05, 3.63) is 29.3 Å². The van der Waals surface area contributed by atoms with Crippen LogP contribution >= 0.6 is 0 Å². The molecular weight excluding hydrogens is 238 g/mol. The summed E-state index contributed by atoms with van der Waals surface area (Å²) in [5.41, 5.74) is 2.07. The second-order valence-electron chi connectivity index (χ2n) is 3.55. The average Bonchev–Trinajstić information content (AvgIpc) is 2.25. The van der Waals surface area contributed by atoms with Gasteiger partial charge in [0.15, 0.2) is 0 Å². The van der Waals surface area contributed by atoms with Crippen molar-refractivity contribution in [1.82, 2.24) is 0 Å². The van der Waals surface area contributed by atoms with Crippen LogP contribution in [0.25, 0.3) is 0 Å². The first-order valence-corrected chi connectivity index (χ1v) is 6.84. The topological polar surface area (TPSA) is 66.4 Å². The lowest BCUT2D eigenvalue weighted by Crippen LogP contribution is -2.14. The molecule has 0 aliphatic rings. The number of aliphatic hydroxyl groups excluding tert-OH is 1. The Labute approximate surface area is 102 Å². The first kappa shape index (κ1) is 13.6. The number of rotatable bonds is 3. The summed E-state index contributed by atoms with van der Waals surface area (Å²) in [5.74, 6) is 5.30.